The molecule has 8 heteroatoms. The number of hydrogen-bond acceptors (Lipinski definition) is 7. The number of carbonyl (C=O) groups excluding carboxylic acids is 3. The number of carboxylic acid groups (broad SMARTS) is 1. The molecule has 62 heavy (non-hydrogen) atoms. The Bertz CT molecular complexity index is 1330. The van der Waals surface area contributed by atoms with E-state index in [1.165, 1.54) is 77.0 Å². The molecular formula is C54H89NO7. The van der Waals surface area contributed by atoms with Crippen molar-refractivity contribution < 1.29 is 38.2 Å². The Hall–Kier alpha value is -3.75. The zero-order valence-corrected chi connectivity index (χ0v) is 40.0. The number of hydrogen-bond donors (Lipinski definition) is 0. The van der Waals surface area contributed by atoms with Crippen molar-refractivity contribution in [1.82, 2.24) is 0 Å². The standard InChI is InChI=1S/C54H89NO7/c1-6-8-10-12-14-16-18-20-22-24-25-26-27-29-30-32-34-36-38-40-42-44-52(56)61-49-50(48-60-47-46-51(54(58)59)55(3,4)5)62-53(57)45-43-41-39-37-35-33-31-28-23-21-19-17-15-13-11-9-7-2/h8-11,13-17,19,21,23,28,31,33,35,50-51H,6-7,12,18,20,22,24-27,29-30,32,34,36-49H2,1-5H3/b10-8+,11-9+,15-13+,16-14+,19-17+,23-21+,31-28+,35-33+. The van der Waals surface area contributed by atoms with Crippen LogP contribution in [0.4, 0.5) is 0 Å². The van der Waals surface area contributed by atoms with Crippen LogP contribution in [-0.2, 0) is 28.6 Å². The summed E-state index contributed by atoms with van der Waals surface area (Å²) in [5, 5.41) is 11.7. The van der Waals surface area contributed by atoms with Crippen LogP contribution in [0.1, 0.15) is 174 Å². The van der Waals surface area contributed by atoms with Crippen LogP contribution >= 0.6 is 0 Å². The lowest BCUT2D eigenvalue weighted by molar-refractivity contribution is -0.889. The number of rotatable bonds is 42. The predicted octanol–water partition coefficient (Wildman–Crippen LogP) is 12.5. The topological polar surface area (TPSA) is 102 Å². The number of likely N-dealkylation sites (N-methyl/N-ethyl adjacent to an activating group) is 1. The highest BCUT2D eigenvalue weighted by Crippen LogP contribution is 2.15. The van der Waals surface area contributed by atoms with Gasteiger partial charge in [-0.05, 0) is 57.8 Å². The Balaban J connectivity index is 4.34. The van der Waals surface area contributed by atoms with E-state index in [1.54, 1.807) is 21.1 Å². The third-order valence-corrected chi connectivity index (χ3v) is 10.4. The summed E-state index contributed by atoms with van der Waals surface area (Å²) in [6, 6.07) is -0.740. The minimum absolute atomic E-state index is 0.0171. The first-order valence-corrected chi connectivity index (χ1v) is 24.3. The predicted molar refractivity (Wildman–Crippen MR) is 258 cm³/mol. The fourth-order valence-corrected chi connectivity index (χ4v) is 6.67. The summed E-state index contributed by atoms with van der Waals surface area (Å²) in [7, 11) is 5.39. The summed E-state index contributed by atoms with van der Waals surface area (Å²) in [4.78, 5) is 37.0. The number of unbranched alkanes of at least 4 members (excludes halogenated alkanes) is 17. The first-order chi connectivity index (χ1) is 30.1. The molecule has 0 aromatic rings. The van der Waals surface area contributed by atoms with Crippen LogP contribution in [0, 0.1) is 0 Å². The van der Waals surface area contributed by atoms with Gasteiger partial charge >= 0.3 is 11.9 Å². The van der Waals surface area contributed by atoms with Gasteiger partial charge in [0.15, 0.2) is 6.10 Å². The smallest absolute Gasteiger partial charge is 0.306 e. The second kappa shape index (κ2) is 43.9. The van der Waals surface area contributed by atoms with Crippen LogP contribution in [0.5, 0.6) is 0 Å². The quantitative estimate of drug-likeness (QED) is 0.0198. The number of nitrogens with zero attached hydrogens (tertiary/aromatic N) is 1. The highest BCUT2D eigenvalue weighted by atomic mass is 16.6. The zero-order chi connectivity index (χ0) is 45.6. The molecule has 2 atom stereocenters. The Morgan fingerprint density at radius 1 is 0.500 bits per heavy atom. The lowest BCUT2D eigenvalue weighted by Crippen LogP contribution is -2.55. The van der Waals surface area contributed by atoms with Crippen molar-refractivity contribution in [3.8, 4) is 0 Å². The van der Waals surface area contributed by atoms with Crippen molar-refractivity contribution in [2.75, 3.05) is 41.0 Å². The minimum Gasteiger partial charge on any atom is -0.544 e. The fraction of sp³-hybridized carbons (Fsp3) is 0.648. The molecule has 0 aromatic carbocycles. The van der Waals surface area contributed by atoms with Gasteiger partial charge in [0.25, 0.3) is 0 Å². The van der Waals surface area contributed by atoms with Crippen LogP contribution in [0.25, 0.3) is 0 Å². The molecule has 0 N–H and O–H groups in total. The number of ether oxygens (including phenoxy) is 3. The molecule has 0 rings (SSSR count). The van der Waals surface area contributed by atoms with Gasteiger partial charge in [0.2, 0.25) is 0 Å². The first kappa shape index (κ1) is 58.2. The second-order valence-corrected chi connectivity index (χ2v) is 17.1. The van der Waals surface area contributed by atoms with E-state index in [2.05, 4.69) is 50.3 Å². The third kappa shape index (κ3) is 41.6. The molecule has 8 nitrogen and oxygen atoms in total. The SMILES string of the molecule is CC/C=C/C=C/C=C/C=C/C=C/C=C/CCCCCC(=O)OC(COCCC(C(=O)[O-])[N+](C)(C)C)COC(=O)CCCCCCCCCCCCCCCC/C=C/C/C=C/CC. The summed E-state index contributed by atoms with van der Waals surface area (Å²) in [5.74, 6) is -1.80. The number of aliphatic carboxylic acids is 1. The molecule has 352 valence electrons. The highest BCUT2D eigenvalue weighted by molar-refractivity contribution is 5.70. The molecule has 2 unspecified atom stereocenters. The Labute approximate surface area is 379 Å². The van der Waals surface area contributed by atoms with Crippen molar-refractivity contribution >= 4 is 17.9 Å². The minimum atomic E-state index is -1.14. The number of carbonyl (C=O) groups is 3. The maximum absolute atomic E-state index is 12.7. The van der Waals surface area contributed by atoms with Gasteiger partial charge in [-0.15, -0.1) is 0 Å². The average Bonchev–Trinajstić information content (AvgIpc) is 3.23. The van der Waals surface area contributed by atoms with Crippen LogP contribution in [0.15, 0.2) is 97.2 Å². The molecule has 0 saturated carbocycles. The molecule has 0 saturated heterocycles. The van der Waals surface area contributed by atoms with Crippen LogP contribution in [0.3, 0.4) is 0 Å². The first-order valence-electron chi connectivity index (χ1n) is 24.3. The molecule has 0 aromatic heterocycles. The molecule has 0 spiro atoms. The van der Waals surface area contributed by atoms with E-state index in [0.717, 1.165) is 57.8 Å². The highest BCUT2D eigenvalue weighted by Gasteiger charge is 2.25. The maximum atomic E-state index is 12.7. The number of carboxylic acids is 1. The van der Waals surface area contributed by atoms with E-state index < -0.39 is 18.1 Å². The van der Waals surface area contributed by atoms with Gasteiger partial charge in [-0.3, -0.25) is 9.59 Å². The summed E-state index contributed by atoms with van der Waals surface area (Å²) in [6.45, 7) is 4.36. The van der Waals surface area contributed by atoms with E-state index in [4.69, 9.17) is 14.2 Å². The number of quaternary nitrogens is 1. The largest absolute Gasteiger partial charge is 0.544 e. The Morgan fingerprint density at radius 2 is 0.935 bits per heavy atom. The van der Waals surface area contributed by atoms with Crippen molar-refractivity contribution in [3.63, 3.8) is 0 Å². The van der Waals surface area contributed by atoms with Gasteiger partial charge in [-0.1, -0.05) is 195 Å². The van der Waals surface area contributed by atoms with E-state index in [1.807, 2.05) is 60.8 Å². The van der Waals surface area contributed by atoms with E-state index in [-0.39, 0.29) is 49.1 Å². The lowest BCUT2D eigenvalue weighted by Gasteiger charge is -2.34. The molecule has 0 aliphatic rings. The third-order valence-electron chi connectivity index (χ3n) is 10.4. The second-order valence-electron chi connectivity index (χ2n) is 17.1. The van der Waals surface area contributed by atoms with Crippen LogP contribution < -0.4 is 5.11 Å². The van der Waals surface area contributed by atoms with E-state index >= 15 is 0 Å². The fourth-order valence-electron chi connectivity index (χ4n) is 6.67. The van der Waals surface area contributed by atoms with Crippen LogP contribution in [0.2, 0.25) is 0 Å². The summed E-state index contributed by atoms with van der Waals surface area (Å²) in [5.41, 5.74) is 0. The monoisotopic (exact) mass is 864 g/mol. The molecule has 0 aliphatic carbocycles. The van der Waals surface area contributed by atoms with Crippen molar-refractivity contribution in [3.05, 3.63) is 97.2 Å². The van der Waals surface area contributed by atoms with Crippen molar-refractivity contribution in [2.24, 2.45) is 0 Å². The number of esters is 2. The molecule has 0 heterocycles. The van der Waals surface area contributed by atoms with Gasteiger partial charge in [0.1, 0.15) is 12.6 Å². The lowest BCUT2D eigenvalue weighted by atomic mass is 10.0. The molecule has 0 fully saturated rings. The van der Waals surface area contributed by atoms with Gasteiger partial charge < -0.3 is 28.6 Å². The Morgan fingerprint density at radius 3 is 1.45 bits per heavy atom. The zero-order valence-electron chi connectivity index (χ0n) is 40.0. The summed E-state index contributed by atoms with van der Waals surface area (Å²) < 4.78 is 17.2. The van der Waals surface area contributed by atoms with Crippen molar-refractivity contribution in [2.45, 2.75) is 187 Å². The van der Waals surface area contributed by atoms with E-state index in [0.29, 0.717) is 12.8 Å². The average molecular weight is 864 g/mol. The summed E-state index contributed by atoms with van der Waals surface area (Å²) >= 11 is 0. The van der Waals surface area contributed by atoms with Gasteiger partial charge in [-0.25, -0.2) is 0 Å². The van der Waals surface area contributed by atoms with Crippen molar-refractivity contribution in [1.29, 1.82) is 0 Å². The van der Waals surface area contributed by atoms with Gasteiger partial charge in [0.05, 0.1) is 40.3 Å². The Kier molecular flexibility index (Phi) is 41.2. The maximum Gasteiger partial charge on any atom is 0.306 e. The molecule has 0 bridgehead atoms. The summed E-state index contributed by atoms with van der Waals surface area (Å²) in [6.07, 6.45) is 58.7. The number of allylic oxidation sites excluding steroid dienone is 16. The normalized spacial score (nSPS) is 13.8. The van der Waals surface area contributed by atoms with E-state index in [9.17, 15) is 19.5 Å². The molecule has 0 radical (unpaired) electrons. The van der Waals surface area contributed by atoms with Crippen LogP contribution in [-0.4, -0.2) is 75.5 Å². The molecule has 0 amide bonds. The van der Waals surface area contributed by atoms with Gasteiger partial charge in [-0.2, -0.15) is 0 Å². The molecule has 0 aliphatic heterocycles. The molecular weight excluding hydrogens is 775 g/mol. The van der Waals surface area contributed by atoms with Gasteiger partial charge in [0, 0.05) is 19.3 Å².